The first-order valence-corrected chi connectivity index (χ1v) is 7.64. The van der Waals surface area contributed by atoms with Gasteiger partial charge in [-0.15, -0.1) is 0 Å². The Labute approximate surface area is 132 Å². The van der Waals surface area contributed by atoms with E-state index in [0.717, 1.165) is 11.0 Å². The molecule has 0 radical (unpaired) electrons. The first kappa shape index (κ1) is 15.3. The molecular weight excluding hydrogens is 298 g/mol. The summed E-state index contributed by atoms with van der Waals surface area (Å²) < 4.78 is 3.16. The van der Waals surface area contributed by atoms with Crippen molar-refractivity contribution in [2.24, 2.45) is 13.0 Å². The molecule has 1 atom stereocenters. The predicted octanol–water partition coefficient (Wildman–Crippen LogP) is 0.663. The summed E-state index contributed by atoms with van der Waals surface area (Å²) in [5, 5.41) is 8.99. The third-order valence-electron chi connectivity index (χ3n) is 4.49. The minimum atomic E-state index is -0.856. The third-order valence-corrected chi connectivity index (χ3v) is 4.49. The number of carbonyl (C=O) groups excluding carboxylic acids is 1. The van der Waals surface area contributed by atoms with Crippen LogP contribution in [0.2, 0.25) is 0 Å². The molecule has 1 N–H and O–H groups in total. The molecule has 7 nitrogen and oxygen atoms in total. The number of aromatic nitrogens is 2. The van der Waals surface area contributed by atoms with Crippen LogP contribution in [0.4, 0.5) is 0 Å². The minimum absolute atomic E-state index is 0.103. The maximum atomic E-state index is 12.3. The van der Waals surface area contributed by atoms with Crippen molar-refractivity contribution in [2.75, 3.05) is 13.1 Å². The molecule has 23 heavy (non-hydrogen) atoms. The van der Waals surface area contributed by atoms with Gasteiger partial charge in [0.25, 0.3) is 0 Å². The summed E-state index contributed by atoms with van der Waals surface area (Å²) in [4.78, 5) is 37.1. The number of benzene rings is 1. The summed E-state index contributed by atoms with van der Waals surface area (Å²) in [5.74, 6) is -1.43. The molecule has 2 heterocycles. The van der Waals surface area contributed by atoms with E-state index in [1.807, 2.05) is 24.3 Å². The first-order chi connectivity index (χ1) is 11.0. The fourth-order valence-corrected chi connectivity index (χ4v) is 3.13. The van der Waals surface area contributed by atoms with Crippen LogP contribution in [0.25, 0.3) is 11.0 Å². The van der Waals surface area contributed by atoms with Gasteiger partial charge in [0, 0.05) is 33.1 Å². The highest BCUT2D eigenvalue weighted by Gasteiger charge is 2.30. The molecule has 122 valence electrons. The molecule has 3 rings (SSSR count). The molecule has 1 aliphatic heterocycles. The highest BCUT2D eigenvalue weighted by Crippen LogP contribution is 2.18. The van der Waals surface area contributed by atoms with E-state index in [-0.39, 0.29) is 24.6 Å². The molecule has 0 bridgehead atoms. The molecule has 2 aromatic rings. The molecule has 1 amide bonds. The number of nitrogens with zero attached hydrogens (tertiary/aromatic N) is 3. The summed E-state index contributed by atoms with van der Waals surface area (Å²) in [6.45, 7) is 1.03. The van der Waals surface area contributed by atoms with Crippen LogP contribution >= 0.6 is 0 Å². The Bertz CT molecular complexity index is 820. The van der Waals surface area contributed by atoms with Gasteiger partial charge >= 0.3 is 11.7 Å². The first-order valence-electron chi connectivity index (χ1n) is 7.64. The normalized spacial score (nSPS) is 17.8. The Balaban J connectivity index is 1.72. The number of aliphatic carboxylic acids is 1. The molecule has 1 aromatic heterocycles. The summed E-state index contributed by atoms with van der Waals surface area (Å²) >= 11 is 0. The van der Waals surface area contributed by atoms with Crippen LogP contribution in [0.15, 0.2) is 29.1 Å². The topological polar surface area (TPSA) is 84.5 Å². The maximum Gasteiger partial charge on any atom is 0.328 e. The second-order valence-corrected chi connectivity index (χ2v) is 5.90. The average molecular weight is 317 g/mol. The number of fused-ring (bicyclic) bond motifs is 1. The van der Waals surface area contributed by atoms with Crippen LogP contribution in [0.1, 0.15) is 12.8 Å². The molecule has 1 fully saturated rings. The molecule has 0 spiro atoms. The quantitative estimate of drug-likeness (QED) is 0.898. The molecular formula is C16H19N3O4. The van der Waals surface area contributed by atoms with Crippen molar-refractivity contribution in [3.8, 4) is 0 Å². The van der Waals surface area contributed by atoms with Gasteiger partial charge in [-0.1, -0.05) is 12.1 Å². The van der Waals surface area contributed by atoms with Crippen molar-refractivity contribution in [1.82, 2.24) is 14.0 Å². The van der Waals surface area contributed by atoms with Gasteiger partial charge in [0.05, 0.1) is 17.0 Å². The Kier molecular flexibility index (Phi) is 3.94. The molecule has 1 aromatic carbocycles. The standard InChI is InChI=1S/C16H19N3O4/c1-17-12-4-2-3-5-13(12)19(16(17)23)9-7-14(20)18-8-6-11(10-18)15(21)22/h2-5,11H,6-10H2,1H3,(H,21,22)/t11-/m1/s1. The number of aryl methyl sites for hydroxylation is 2. The van der Waals surface area contributed by atoms with Crippen molar-refractivity contribution in [1.29, 1.82) is 0 Å². The van der Waals surface area contributed by atoms with Gasteiger partial charge in [0.15, 0.2) is 0 Å². The smallest absolute Gasteiger partial charge is 0.328 e. The van der Waals surface area contributed by atoms with E-state index in [2.05, 4.69) is 0 Å². The lowest BCUT2D eigenvalue weighted by molar-refractivity contribution is -0.141. The molecule has 1 saturated heterocycles. The number of carboxylic acids is 1. The number of amides is 1. The Morgan fingerprint density at radius 3 is 2.61 bits per heavy atom. The zero-order valence-corrected chi connectivity index (χ0v) is 12.9. The van der Waals surface area contributed by atoms with Crippen molar-refractivity contribution < 1.29 is 14.7 Å². The monoisotopic (exact) mass is 317 g/mol. The van der Waals surface area contributed by atoms with Crippen molar-refractivity contribution in [2.45, 2.75) is 19.4 Å². The lowest BCUT2D eigenvalue weighted by Gasteiger charge is -2.15. The van der Waals surface area contributed by atoms with Gasteiger partial charge in [0.2, 0.25) is 5.91 Å². The van der Waals surface area contributed by atoms with Crippen molar-refractivity contribution in [3.63, 3.8) is 0 Å². The predicted molar refractivity (Wildman–Crippen MR) is 84.1 cm³/mol. The van der Waals surface area contributed by atoms with Gasteiger partial charge in [0.1, 0.15) is 0 Å². The molecule has 0 saturated carbocycles. The zero-order valence-electron chi connectivity index (χ0n) is 12.9. The van der Waals surface area contributed by atoms with E-state index in [9.17, 15) is 14.4 Å². The lowest BCUT2D eigenvalue weighted by atomic mass is 10.1. The summed E-state index contributed by atoms with van der Waals surface area (Å²) in [6.07, 6.45) is 0.690. The van der Waals surface area contributed by atoms with Gasteiger partial charge in [-0.2, -0.15) is 0 Å². The second-order valence-electron chi connectivity index (χ2n) is 5.90. The number of carbonyl (C=O) groups is 2. The average Bonchev–Trinajstić information content (AvgIpc) is 3.12. The zero-order chi connectivity index (χ0) is 16.6. The van der Waals surface area contributed by atoms with E-state index < -0.39 is 11.9 Å². The second kappa shape index (κ2) is 5.91. The molecule has 0 unspecified atom stereocenters. The number of hydrogen-bond acceptors (Lipinski definition) is 3. The minimum Gasteiger partial charge on any atom is -0.481 e. The van der Waals surface area contributed by atoms with E-state index >= 15 is 0 Å². The van der Waals surface area contributed by atoms with Crippen molar-refractivity contribution >= 4 is 22.9 Å². The largest absolute Gasteiger partial charge is 0.481 e. The Morgan fingerprint density at radius 2 is 1.96 bits per heavy atom. The fraction of sp³-hybridized carbons (Fsp3) is 0.438. The molecule has 0 aliphatic carbocycles. The maximum absolute atomic E-state index is 12.3. The molecule has 1 aliphatic rings. The van der Waals surface area contributed by atoms with E-state index in [0.29, 0.717) is 19.5 Å². The van der Waals surface area contributed by atoms with Crippen molar-refractivity contribution in [3.05, 3.63) is 34.7 Å². The Morgan fingerprint density at radius 1 is 1.26 bits per heavy atom. The van der Waals surface area contributed by atoms with Crippen LogP contribution in [0.3, 0.4) is 0 Å². The van der Waals surface area contributed by atoms with Crippen LogP contribution in [-0.4, -0.2) is 44.1 Å². The fourth-order valence-electron chi connectivity index (χ4n) is 3.13. The third kappa shape index (κ3) is 2.74. The van der Waals surface area contributed by atoms with Gasteiger partial charge in [-0.25, -0.2) is 4.79 Å². The summed E-state index contributed by atoms with van der Waals surface area (Å²) in [6, 6.07) is 7.45. The van der Waals surface area contributed by atoms with Crippen LogP contribution in [-0.2, 0) is 23.2 Å². The van der Waals surface area contributed by atoms with E-state index in [4.69, 9.17) is 5.11 Å². The van der Waals surface area contributed by atoms with Gasteiger partial charge in [-0.3, -0.25) is 18.7 Å². The highest BCUT2D eigenvalue weighted by atomic mass is 16.4. The number of para-hydroxylation sites is 2. The van der Waals surface area contributed by atoms with Gasteiger partial charge in [-0.05, 0) is 18.6 Å². The summed E-state index contributed by atoms with van der Waals surface area (Å²) in [5.41, 5.74) is 1.48. The number of imidazole rings is 1. The Hall–Kier alpha value is -2.57. The number of likely N-dealkylation sites (tertiary alicyclic amines) is 1. The molecule has 7 heteroatoms. The highest BCUT2D eigenvalue weighted by molar-refractivity contribution is 5.79. The van der Waals surface area contributed by atoms with Crippen LogP contribution < -0.4 is 5.69 Å². The van der Waals surface area contributed by atoms with E-state index in [1.54, 1.807) is 21.1 Å². The van der Waals surface area contributed by atoms with Crippen LogP contribution in [0, 0.1) is 5.92 Å². The number of hydrogen-bond donors (Lipinski definition) is 1. The van der Waals surface area contributed by atoms with E-state index in [1.165, 1.54) is 0 Å². The SMILES string of the molecule is Cn1c(=O)n(CCC(=O)N2CC[C@@H](C(=O)O)C2)c2ccccc21. The van der Waals surface area contributed by atoms with Crippen LogP contribution in [0.5, 0.6) is 0 Å². The number of carboxylic acid groups (broad SMARTS) is 1. The van der Waals surface area contributed by atoms with Gasteiger partial charge < -0.3 is 10.0 Å². The summed E-state index contributed by atoms with van der Waals surface area (Å²) in [7, 11) is 1.71. The number of rotatable bonds is 4. The lowest BCUT2D eigenvalue weighted by Crippen LogP contribution is -2.32.